The fourth-order valence-corrected chi connectivity index (χ4v) is 12.6. The number of aromatic hydroxyl groups is 8. The first-order valence-electron chi connectivity index (χ1n) is 36.8. The minimum atomic E-state index is -4.84. The van der Waals surface area contributed by atoms with Crippen LogP contribution in [0, 0.1) is 0 Å². The van der Waals surface area contributed by atoms with Gasteiger partial charge in [-0.05, 0) is 91.3 Å². The van der Waals surface area contributed by atoms with E-state index >= 15 is 0 Å². The number of carbonyl (C=O) groups excluding carboxylic acids is 6. The van der Waals surface area contributed by atoms with Crippen LogP contribution in [-0.4, -0.2) is 180 Å². The fraction of sp³-hybridized carbons (Fsp3) is 0.152. The van der Waals surface area contributed by atoms with Crippen molar-refractivity contribution >= 4 is 84.5 Å². The molecule has 0 radical (unpaired) electrons. The van der Waals surface area contributed by atoms with Gasteiger partial charge in [0.05, 0.1) is 98.7 Å². The molecule has 12 aromatic rings. The third-order valence-corrected chi connectivity index (χ3v) is 19.4. The molecule has 9 N–H and O–H groups in total. The molecule has 0 saturated heterocycles. The van der Waals surface area contributed by atoms with E-state index in [1.807, 2.05) is 24.3 Å². The molecule has 0 aromatic heterocycles. The summed E-state index contributed by atoms with van der Waals surface area (Å²) in [5, 5.41) is 78.6. The molecule has 0 aliphatic heterocycles. The summed E-state index contributed by atoms with van der Waals surface area (Å²) in [4.78, 5) is 72.1. The Balaban J connectivity index is 0.000000262. The molecule has 123 heavy (non-hydrogen) atoms. The Morgan fingerprint density at radius 2 is 0.553 bits per heavy atom. The monoisotopic (exact) mass is 1730 g/mol. The Morgan fingerprint density at radius 1 is 0.293 bits per heavy atom. The van der Waals surface area contributed by atoms with Crippen LogP contribution in [0.2, 0.25) is 0 Å². The molecule has 31 heteroatoms. The number of para-hydroxylation sites is 1. The van der Waals surface area contributed by atoms with E-state index in [4.69, 9.17) is 37.7 Å². The van der Waals surface area contributed by atoms with Gasteiger partial charge in [-0.3, -0.25) is 33.3 Å². The van der Waals surface area contributed by atoms with Gasteiger partial charge in [0.15, 0.2) is 34.7 Å². The first kappa shape index (κ1) is 101. The number of unbranched alkanes of at least 4 members (excludes halogenated alkanes) is 5. The Hall–Kier alpha value is -12.5. The second kappa shape index (κ2) is 49.4. The van der Waals surface area contributed by atoms with Gasteiger partial charge in [0, 0.05) is 64.7 Å². The molecule has 0 heterocycles. The quantitative estimate of drug-likeness (QED) is 0.00951. The van der Waals surface area contributed by atoms with Crippen molar-refractivity contribution in [3.8, 4) is 86.2 Å². The van der Waals surface area contributed by atoms with E-state index in [9.17, 15) is 91.0 Å². The van der Waals surface area contributed by atoms with Crippen molar-refractivity contribution in [3.63, 3.8) is 0 Å². The number of phenolic OH excluding ortho intramolecular Hbond substituents is 8. The molecule has 0 amide bonds. The van der Waals surface area contributed by atoms with Gasteiger partial charge >= 0.3 is 59.1 Å². The number of hydrogen-bond donors (Lipinski definition) is 9. The number of hydrogen-bond acceptors (Lipinski definition) is 26. The Kier molecular flexibility index (Phi) is 40.6. The van der Waals surface area contributed by atoms with Crippen molar-refractivity contribution in [1.82, 2.24) is 0 Å². The van der Waals surface area contributed by atoms with Gasteiger partial charge in [0.1, 0.15) is 101 Å². The van der Waals surface area contributed by atoms with Gasteiger partial charge in [-0.15, -0.1) is 0 Å². The zero-order valence-corrected chi connectivity index (χ0v) is 71.1. The maximum atomic E-state index is 12.4. The molecule has 0 fully saturated rings. The summed E-state index contributed by atoms with van der Waals surface area (Å²) < 4.78 is 100. The van der Waals surface area contributed by atoms with E-state index in [0.717, 1.165) is 44.2 Å². The number of rotatable bonds is 28. The number of phenols is 8. The van der Waals surface area contributed by atoms with Crippen molar-refractivity contribution < 1.29 is 158 Å². The van der Waals surface area contributed by atoms with Crippen LogP contribution in [0.3, 0.4) is 0 Å². The van der Waals surface area contributed by atoms with Crippen LogP contribution in [0.15, 0.2) is 271 Å². The molecule has 0 spiro atoms. The third-order valence-electron chi connectivity index (χ3n) is 17.7. The third kappa shape index (κ3) is 29.1. The number of carbonyl (C=O) groups is 6. The average Bonchev–Trinajstić information content (AvgIpc) is 0.952. The van der Waals surface area contributed by atoms with Gasteiger partial charge in [0.25, 0.3) is 10.1 Å². The summed E-state index contributed by atoms with van der Waals surface area (Å²) in [7, 11) is -1.18. The van der Waals surface area contributed by atoms with E-state index in [1.54, 1.807) is 127 Å². The van der Waals surface area contributed by atoms with E-state index in [2.05, 4.69) is 6.92 Å². The van der Waals surface area contributed by atoms with Gasteiger partial charge in [-0.25, -0.2) is 8.42 Å². The maximum absolute atomic E-state index is 12.4. The zero-order chi connectivity index (χ0) is 88.5. The predicted octanol–water partition coefficient (Wildman–Crippen LogP) is 12.4. The second-order valence-corrected chi connectivity index (χ2v) is 28.5. The Morgan fingerprint density at radius 3 is 0.854 bits per heavy atom. The van der Waals surface area contributed by atoms with Crippen molar-refractivity contribution in [2.75, 3.05) is 49.3 Å². The summed E-state index contributed by atoms with van der Waals surface area (Å²) in [6, 6.07) is 66.2. The molecule has 632 valence electrons. The summed E-state index contributed by atoms with van der Waals surface area (Å²) in [6.45, 7) is 2.85. The van der Waals surface area contributed by atoms with Crippen LogP contribution < -0.4 is 62.7 Å². The fourth-order valence-electron chi connectivity index (χ4n) is 11.3. The molecular formula is C92H88Na2O27S2. The van der Waals surface area contributed by atoms with Crippen LogP contribution in [0.1, 0.15) is 141 Å². The molecule has 0 aliphatic rings. The summed E-state index contributed by atoms with van der Waals surface area (Å²) in [5.74, 6) is -2.28. The van der Waals surface area contributed by atoms with Gasteiger partial charge in [-0.2, -0.15) is 8.42 Å². The van der Waals surface area contributed by atoms with Crippen molar-refractivity contribution in [3.05, 3.63) is 328 Å². The van der Waals surface area contributed by atoms with E-state index in [-0.39, 0.29) is 167 Å². The molecule has 0 atom stereocenters. The Bertz CT molecular complexity index is 5630. The number of ether oxygens (including phenoxy) is 7. The molecule has 0 bridgehead atoms. The van der Waals surface area contributed by atoms with Crippen LogP contribution >= 0.6 is 0 Å². The average molecular weight is 1740 g/mol. The molecule has 12 rings (SSSR count). The Labute approximate surface area is 755 Å². The van der Waals surface area contributed by atoms with E-state index in [0.29, 0.717) is 52.0 Å². The van der Waals surface area contributed by atoms with Crippen LogP contribution in [0.25, 0.3) is 0 Å². The first-order chi connectivity index (χ1) is 57.8. The van der Waals surface area contributed by atoms with Gasteiger partial charge < -0.3 is 78.6 Å². The summed E-state index contributed by atoms with van der Waals surface area (Å²) in [6.07, 6.45) is 7.25. The molecule has 0 aliphatic carbocycles. The van der Waals surface area contributed by atoms with Gasteiger partial charge in [-0.1, -0.05) is 172 Å². The van der Waals surface area contributed by atoms with Crippen molar-refractivity contribution in [2.45, 2.75) is 55.2 Å². The van der Waals surface area contributed by atoms with Crippen LogP contribution in [-0.2, 0) is 20.2 Å². The molecule has 0 saturated carbocycles. The van der Waals surface area contributed by atoms with E-state index in [1.165, 1.54) is 146 Å². The topological polar surface area (TPSA) is 440 Å². The van der Waals surface area contributed by atoms with Crippen molar-refractivity contribution in [2.24, 2.45) is 0 Å². The molecular weight excluding hydrogens is 1650 g/mol. The minimum absolute atomic E-state index is 0. The SMILES string of the molecule is CCCCCCCCOc1ccc(C(=O)c2ccccc2)c(O)c1.COc1cc(O)c(C(=O)c2ccccc2)cc1S(=O)(=O)O.COc1cc(O)c(C(=O)c2ccccc2)cc1S(=O)(=O)[O-].COc1ccc(C(=O)c2ccc(OC)cc2O)c(O)c1.COc1ccc(C(=O)c2ccccc2)c(O)c1.COc1ccc(C(=O)c2ccccc2O)c(O)c1.[Na+].[NaH]. The number of benzene rings is 12. The zero-order valence-electron chi connectivity index (χ0n) is 67.5. The van der Waals surface area contributed by atoms with E-state index < -0.39 is 64.7 Å². The number of ketones is 6. The van der Waals surface area contributed by atoms with Gasteiger partial charge in [0.2, 0.25) is 0 Å². The number of methoxy groups -OCH3 is 6. The standard InChI is InChI=1S/C21H26O3.C15H14O5.2C14H12O6S.C14H12O4.C14H12O3.2Na.H/c1-2-3-4-5-6-10-15-24-18-13-14-19(20(22)16-18)21(23)17-11-8-7-9-12-17;1-19-9-3-5-11(13(16)7-9)15(18)12-6-4-10(20-2)8-14(12)17;2*1-20-12-8-11(15)10(7-13(12)21(17,18)19)14(16)9-5-3-2-4-6-9;1-18-9-6-7-11(13(16)8-9)14(17)10-4-2-3-5-12(10)15;1-17-11-7-8-12(13(15)9-11)14(16)10-5-3-2-4-6-10;;;/h7-9,11-14,16,22H,2-6,10,15H2,1H3;3-8,16-17H,1-2H3;2*2-8,15H,1H3,(H,17,18,19);2-8,15-16H,1H3;2-9,15H,1H3;;;/q;;;;;;;+1;/p-1. The molecule has 27 nitrogen and oxygen atoms in total. The molecule has 0 unspecified atom stereocenters. The summed E-state index contributed by atoms with van der Waals surface area (Å²) in [5.41, 5.74) is 2.15. The molecule has 12 aromatic carbocycles. The normalized spacial score (nSPS) is 10.3. The second-order valence-electron chi connectivity index (χ2n) is 25.8. The first-order valence-corrected chi connectivity index (χ1v) is 39.6. The van der Waals surface area contributed by atoms with Crippen LogP contribution in [0.5, 0.6) is 86.2 Å². The van der Waals surface area contributed by atoms with Crippen molar-refractivity contribution in [1.29, 1.82) is 0 Å². The predicted molar refractivity (Wildman–Crippen MR) is 454 cm³/mol. The summed E-state index contributed by atoms with van der Waals surface area (Å²) >= 11 is 0. The van der Waals surface area contributed by atoms with Crippen LogP contribution in [0.4, 0.5) is 0 Å².